The second-order valence-electron chi connectivity index (χ2n) is 8.16. The monoisotopic (exact) mass is 513 g/mol. The van der Waals surface area contributed by atoms with Crippen LogP contribution in [0.25, 0.3) is 28.3 Å². The Kier molecular flexibility index (Phi) is 6.15. The molecule has 2 aromatic carbocycles. The number of nitrogens with zero attached hydrogens (tertiary/aromatic N) is 5. The summed E-state index contributed by atoms with van der Waals surface area (Å²) >= 11 is 6.38. The van der Waals surface area contributed by atoms with Crippen LogP contribution < -0.4 is 4.74 Å². The van der Waals surface area contributed by atoms with Crippen LogP contribution in [0.4, 0.5) is 13.2 Å². The molecule has 2 aliphatic rings. The van der Waals surface area contributed by atoms with E-state index in [2.05, 4.69) is 15.2 Å². The van der Waals surface area contributed by atoms with Crippen LogP contribution in [0, 0.1) is 24.4 Å². The Balaban J connectivity index is 1.59. The van der Waals surface area contributed by atoms with Crippen LogP contribution in [0.3, 0.4) is 0 Å². The summed E-state index contributed by atoms with van der Waals surface area (Å²) < 4.78 is 50.2. The molecule has 0 unspecified atom stereocenters. The first-order valence-electron chi connectivity index (χ1n) is 10.8. The van der Waals surface area contributed by atoms with Crippen LogP contribution in [-0.4, -0.2) is 43.1 Å². The molecule has 0 aliphatic carbocycles. The number of pyridine rings is 1. The van der Waals surface area contributed by atoms with Gasteiger partial charge in [0.05, 0.1) is 42.5 Å². The van der Waals surface area contributed by atoms with Gasteiger partial charge in [0, 0.05) is 23.5 Å². The van der Waals surface area contributed by atoms with Crippen molar-refractivity contribution < 1.29 is 23.0 Å². The number of rotatable bonds is 6. The van der Waals surface area contributed by atoms with Crippen LogP contribution in [0.15, 0.2) is 55.1 Å². The standard InChI is InChI=1S/C25H19ClF3N5O2/c1-13-9-33(12-30-13)20-4-3-14(7-22(20)36-2)24-17-8-16(26)10-34(25(17)32-31-24)21(11-35)15-5-18(27)23(29)19(28)6-15/h3-10,12,21,35H,11H2,1-2H3/t21-/m1/s1. The molecule has 3 heterocycles. The summed E-state index contributed by atoms with van der Waals surface area (Å²) in [5.41, 5.74) is 3.35. The lowest BCUT2D eigenvalue weighted by molar-refractivity contribution is 0.248. The summed E-state index contributed by atoms with van der Waals surface area (Å²) in [6, 6.07) is 7.82. The number of aliphatic hydroxyl groups excluding tert-OH is 1. The van der Waals surface area contributed by atoms with Crippen LogP contribution in [-0.2, 0) is 0 Å². The van der Waals surface area contributed by atoms with E-state index in [9.17, 15) is 18.3 Å². The van der Waals surface area contributed by atoms with Crippen molar-refractivity contribution in [2.24, 2.45) is 0 Å². The fourth-order valence-corrected chi connectivity index (χ4v) is 4.38. The highest BCUT2D eigenvalue weighted by Crippen LogP contribution is 2.38. The average molecular weight is 514 g/mol. The van der Waals surface area contributed by atoms with Gasteiger partial charge in [0.15, 0.2) is 23.3 Å². The van der Waals surface area contributed by atoms with Crippen molar-refractivity contribution in [2.45, 2.75) is 13.0 Å². The minimum atomic E-state index is -1.59. The zero-order valence-electron chi connectivity index (χ0n) is 19.1. The molecule has 7 nitrogen and oxygen atoms in total. The predicted molar refractivity (Wildman–Crippen MR) is 127 cm³/mol. The predicted octanol–water partition coefficient (Wildman–Crippen LogP) is 5.21. The molecule has 0 saturated heterocycles. The van der Waals surface area contributed by atoms with Crippen molar-refractivity contribution in [3.63, 3.8) is 0 Å². The number of halogens is 4. The third-order valence-corrected chi connectivity index (χ3v) is 6.08. The van der Waals surface area contributed by atoms with Gasteiger partial charge in [-0.2, -0.15) is 0 Å². The Morgan fingerprint density at radius 3 is 2.44 bits per heavy atom. The molecule has 0 radical (unpaired) electrons. The molecule has 11 heteroatoms. The summed E-state index contributed by atoms with van der Waals surface area (Å²) in [6.07, 6.45) is 5.02. The average Bonchev–Trinajstić information content (AvgIpc) is 3.48. The number of methoxy groups -OCH3 is 1. The number of ether oxygens (including phenoxy) is 1. The largest absolute Gasteiger partial charge is 0.495 e. The van der Waals surface area contributed by atoms with Crippen molar-refractivity contribution in [1.29, 1.82) is 0 Å². The molecule has 2 aliphatic heterocycles. The van der Waals surface area contributed by atoms with Crippen LogP contribution in [0.5, 0.6) is 5.75 Å². The van der Waals surface area contributed by atoms with Gasteiger partial charge >= 0.3 is 0 Å². The first-order valence-corrected chi connectivity index (χ1v) is 11.2. The van der Waals surface area contributed by atoms with Crippen molar-refractivity contribution in [3.8, 4) is 34.1 Å². The zero-order chi connectivity index (χ0) is 25.6. The van der Waals surface area contributed by atoms with Gasteiger partial charge in [-0.15, -0.1) is 10.2 Å². The third kappa shape index (κ3) is 4.08. The number of hydrogen-bond donors (Lipinski definition) is 1. The van der Waals surface area contributed by atoms with E-state index in [1.165, 1.54) is 10.8 Å². The van der Waals surface area contributed by atoms with Crippen molar-refractivity contribution in [1.82, 2.24) is 24.3 Å². The van der Waals surface area contributed by atoms with Gasteiger partial charge < -0.3 is 19.0 Å². The van der Waals surface area contributed by atoms with Crippen LogP contribution in [0.2, 0.25) is 5.02 Å². The molecule has 3 aromatic rings. The lowest BCUT2D eigenvalue weighted by Gasteiger charge is -2.22. The number of aliphatic hydroxyl groups is 1. The molecule has 0 amide bonds. The second-order valence-corrected chi connectivity index (χ2v) is 8.59. The van der Waals surface area contributed by atoms with E-state index >= 15 is 0 Å². The Morgan fingerprint density at radius 2 is 1.81 bits per heavy atom. The topological polar surface area (TPSA) is 78.0 Å². The molecule has 0 saturated carbocycles. The molecular formula is C25H19ClF3N5O2. The van der Waals surface area contributed by atoms with E-state index in [-0.39, 0.29) is 10.6 Å². The van der Waals surface area contributed by atoms with E-state index in [0.717, 1.165) is 23.5 Å². The maximum atomic E-state index is 13.9. The van der Waals surface area contributed by atoms with E-state index in [0.29, 0.717) is 28.4 Å². The van der Waals surface area contributed by atoms with Gasteiger partial charge in [-0.25, -0.2) is 18.2 Å². The number of benzene rings is 2. The number of hydrogen-bond acceptors (Lipinski definition) is 5. The molecule has 0 bridgehead atoms. The van der Waals surface area contributed by atoms with E-state index in [1.807, 2.05) is 29.8 Å². The summed E-state index contributed by atoms with van der Waals surface area (Å²) in [5, 5.41) is 18.9. The van der Waals surface area contributed by atoms with E-state index < -0.39 is 30.1 Å². The first kappa shape index (κ1) is 23.8. The fourth-order valence-electron chi connectivity index (χ4n) is 4.17. The van der Waals surface area contributed by atoms with Gasteiger partial charge in [-0.3, -0.25) is 0 Å². The summed E-state index contributed by atoms with van der Waals surface area (Å²) in [4.78, 5) is 4.25. The van der Waals surface area contributed by atoms with Gasteiger partial charge in [0.1, 0.15) is 11.4 Å². The molecule has 1 aromatic heterocycles. The molecule has 0 spiro atoms. The summed E-state index contributed by atoms with van der Waals surface area (Å²) in [7, 11) is 1.55. The molecule has 5 rings (SSSR count). The van der Waals surface area contributed by atoms with Crippen molar-refractivity contribution in [2.75, 3.05) is 13.7 Å². The SMILES string of the molecule is COc1cc(-c2nnc3n([C@H](CO)c4cc(F)c(F)c(F)c4)cc(Cl)cc2-3)ccc1-n1cnc(C)c1. The van der Waals surface area contributed by atoms with E-state index in [4.69, 9.17) is 16.3 Å². The first-order chi connectivity index (χ1) is 17.3. The minimum Gasteiger partial charge on any atom is -0.495 e. The second kappa shape index (κ2) is 9.29. The molecule has 0 fully saturated rings. The molecule has 1 N–H and O–H groups in total. The highest BCUT2D eigenvalue weighted by molar-refractivity contribution is 6.30. The van der Waals surface area contributed by atoms with Gasteiger partial charge in [-0.05, 0) is 42.8 Å². The van der Waals surface area contributed by atoms with Gasteiger partial charge in [0.25, 0.3) is 0 Å². The fraction of sp³-hybridized carbons (Fsp3) is 0.160. The number of aryl methyl sites for hydroxylation is 1. The van der Waals surface area contributed by atoms with Gasteiger partial charge in [0.2, 0.25) is 0 Å². The molecule has 1 atom stereocenters. The lowest BCUT2D eigenvalue weighted by atomic mass is 10.0. The third-order valence-electron chi connectivity index (χ3n) is 5.87. The normalized spacial score (nSPS) is 12.3. The molecule has 36 heavy (non-hydrogen) atoms. The Labute approximate surface area is 208 Å². The highest BCUT2D eigenvalue weighted by Gasteiger charge is 2.26. The molecule has 184 valence electrons. The number of fused-ring (bicyclic) bond motifs is 1. The molecular weight excluding hydrogens is 495 g/mol. The highest BCUT2D eigenvalue weighted by atomic mass is 35.5. The maximum Gasteiger partial charge on any atom is 0.194 e. The Bertz CT molecular complexity index is 1530. The van der Waals surface area contributed by atoms with E-state index in [1.54, 1.807) is 25.6 Å². The summed E-state index contributed by atoms with van der Waals surface area (Å²) in [6.45, 7) is 1.33. The number of aromatic nitrogens is 5. The van der Waals surface area contributed by atoms with Crippen LogP contribution >= 0.6 is 11.6 Å². The van der Waals surface area contributed by atoms with Crippen molar-refractivity contribution in [3.05, 3.63) is 88.9 Å². The Morgan fingerprint density at radius 1 is 1.06 bits per heavy atom. The zero-order valence-corrected chi connectivity index (χ0v) is 19.8. The summed E-state index contributed by atoms with van der Waals surface area (Å²) in [5.74, 6) is -3.43. The maximum absolute atomic E-state index is 13.9. The Hall–Kier alpha value is -3.89. The number of imidazole rings is 1. The van der Waals surface area contributed by atoms with Crippen LogP contribution in [0.1, 0.15) is 17.3 Å². The van der Waals surface area contributed by atoms with Crippen molar-refractivity contribution >= 4 is 11.6 Å². The lowest BCUT2D eigenvalue weighted by Crippen LogP contribution is -2.18. The smallest absolute Gasteiger partial charge is 0.194 e. The van der Waals surface area contributed by atoms with Gasteiger partial charge in [-0.1, -0.05) is 17.7 Å². The quantitative estimate of drug-likeness (QED) is 0.316. The minimum absolute atomic E-state index is 0.00802.